The third-order valence-corrected chi connectivity index (χ3v) is 5.52. The standard InChI is InChI=1S/C22H19N3OS/c1-14(20-9-6-12-27-20)24-22(26)17-10-11-18-19(13-17)25-21(15(2)23-18)16-7-4-3-5-8-16/h3-14H,1-2H3,(H,24,26). The quantitative estimate of drug-likeness (QED) is 0.538. The molecule has 2 aromatic heterocycles. The van der Waals surface area contributed by atoms with Crippen molar-refractivity contribution in [2.75, 3.05) is 0 Å². The van der Waals surface area contributed by atoms with Gasteiger partial charge in [0.2, 0.25) is 0 Å². The maximum Gasteiger partial charge on any atom is 0.251 e. The van der Waals surface area contributed by atoms with Crippen molar-refractivity contribution in [2.45, 2.75) is 19.9 Å². The topological polar surface area (TPSA) is 54.9 Å². The highest BCUT2D eigenvalue weighted by molar-refractivity contribution is 7.10. The number of thiophene rings is 1. The molecule has 27 heavy (non-hydrogen) atoms. The average Bonchev–Trinajstić information content (AvgIpc) is 3.23. The number of hydrogen-bond donors (Lipinski definition) is 1. The van der Waals surface area contributed by atoms with Crippen LogP contribution in [0.1, 0.15) is 33.9 Å². The number of carbonyl (C=O) groups is 1. The lowest BCUT2D eigenvalue weighted by atomic mass is 10.1. The predicted octanol–water partition coefficient (Wildman–Crippen LogP) is 5.16. The fourth-order valence-electron chi connectivity index (χ4n) is 3.04. The Morgan fingerprint density at radius 1 is 1.00 bits per heavy atom. The zero-order valence-corrected chi connectivity index (χ0v) is 16.0. The number of fused-ring (bicyclic) bond motifs is 1. The highest BCUT2D eigenvalue weighted by atomic mass is 32.1. The van der Waals surface area contributed by atoms with E-state index in [-0.39, 0.29) is 11.9 Å². The van der Waals surface area contributed by atoms with E-state index in [0.29, 0.717) is 5.56 Å². The Balaban J connectivity index is 1.67. The van der Waals surface area contributed by atoms with Gasteiger partial charge in [0.25, 0.3) is 5.91 Å². The summed E-state index contributed by atoms with van der Waals surface area (Å²) in [4.78, 5) is 23.2. The molecular formula is C22H19N3OS. The van der Waals surface area contributed by atoms with E-state index < -0.39 is 0 Å². The summed E-state index contributed by atoms with van der Waals surface area (Å²) in [5, 5.41) is 5.06. The summed E-state index contributed by atoms with van der Waals surface area (Å²) < 4.78 is 0. The number of nitrogens with zero attached hydrogens (tertiary/aromatic N) is 2. The first-order chi connectivity index (χ1) is 13.1. The molecule has 0 radical (unpaired) electrons. The first kappa shape index (κ1) is 17.4. The maximum atomic E-state index is 12.7. The second-order valence-corrected chi connectivity index (χ2v) is 7.42. The highest BCUT2D eigenvalue weighted by Crippen LogP contribution is 2.24. The van der Waals surface area contributed by atoms with Gasteiger partial charge in [0.15, 0.2) is 0 Å². The monoisotopic (exact) mass is 373 g/mol. The van der Waals surface area contributed by atoms with Gasteiger partial charge in [-0.15, -0.1) is 11.3 Å². The van der Waals surface area contributed by atoms with Crippen molar-refractivity contribution in [3.05, 3.63) is 82.2 Å². The van der Waals surface area contributed by atoms with E-state index in [1.54, 1.807) is 17.4 Å². The minimum Gasteiger partial charge on any atom is -0.345 e. The van der Waals surface area contributed by atoms with Crippen LogP contribution in [0.25, 0.3) is 22.3 Å². The SMILES string of the molecule is Cc1nc2ccc(C(=O)NC(C)c3cccs3)cc2nc1-c1ccccc1. The van der Waals surface area contributed by atoms with Crippen molar-refractivity contribution in [1.82, 2.24) is 15.3 Å². The Kier molecular flexibility index (Phi) is 4.69. The minimum atomic E-state index is -0.110. The Labute approximate surface area is 161 Å². The van der Waals surface area contributed by atoms with Crippen LogP contribution in [-0.4, -0.2) is 15.9 Å². The van der Waals surface area contributed by atoms with Gasteiger partial charge in [0.1, 0.15) is 0 Å². The number of benzene rings is 2. The summed E-state index contributed by atoms with van der Waals surface area (Å²) in [6, 6.07) is 19.4. The summed E-state index contributed by atoms with van der Waals surface area (Å²) in [5.74, 6) is -0.110. The molecule has 0 spiro atoms. The van der Waals surface area contributed by atoms with E-state index in [2.05, 4.69) is 10.3 Å². The molecule has 4 rings (SSSR count). The molecule has 0 aliphatic carbocycles. The van der Waals surface area contributed by atoms with Crippen molar-refractivity contribution in [3.8, 4) is 11.3 Å². The zero-order chi connectivity index (χ0) is 18.8. The van der Waals surface area contributed by atoms with Gasteiger partial charge in [-0.25, -0.2) is 9.97 Å². The van der Waals surface area contributed by atoms with Gasteiger partial charge in [0.05, 0.1) is 28.5 Å². The molecule has 0 bridgehead atoms. The number of rotatable bonds is 4. The minimum absolute atomic E-state index is 0.0304. The summed E-state index contributed by atoms with van der Waals surface area (Å²) in [5.41, 5.74) is 4.82. The number of hydrogen-bond acceptors (Lipinski definition) is 4. The van der Waals surface area contributed by atoms with Crippen LogP contribution in [0, 0.1) is 6.92 Å². The Bertz CT molecular complexity index is 1090. The maximum absolute atomic E-state index is 12.7. The fraction of sp³-hybridized carbons (Fsp3) is 0.136. The van der Waals surface area contributed by atoms with Crippen LogP contribution >= 0.6 is 11.3 Å². The number of carbonyl (C=O) groups excluding carboxylic acids is 1. The smallest absolute Gasteiger partial charge is 0.251 e. The average molecular weight is 373 g/mol. The molecule has 134 valence electrons. The molecule has 4 aromatic rings. The number of nitrogens with one attached hydrogen (secondary N) is 1. The predicted molar refractivity (Wildman–Crippen MR) is 110 cm³/mol. The van der Waals surface area contributed by atoms with Crippen LogP contribution in [0.3, 0.4) is 0 Å². The largest absolute Gasteiger partial charge is 0.345 e. The summed E-state index contributed by atoms with van der Waals surface area (Å²) in [7, 11) is 0. The Morgan fingerprint density at radius 2 is 1.81 bits per heavy atom. The van der Waals surface area contributed by atoms with Crippen molar-refractivity contribution in [1.29, 1.82) is 0 Å². The lowest BCUT2D eigenvalue weighted by molar-refractivity contribution is 0.0940. The van der Waals surface area contributed by atoms with Crippen LogP contribution in [0.5, 0.6) is 0 Å². The summed E-state index contributed by atoms with van der Waals surface area (Å²) in [6.45, 7) is 3.94. The van der Waals surface area contributed by atoms with Crippen molar-refractivity contribution in [2.24, 2.45) is 0 Å². The van der Waals surface area contributed by atoms with Gasteiger partial charge in [-0.05, 0) is 43.5 Å². The zero-order valence-electron chi connectivity index (χ0n) is 15.1. The molecule has 1 unspecified atom stereocenters. The molecule has 0 saturated carbocycles. The molecular weight excluding hydrogens is 354 g/mol. The van der Waals surface area contributed by atoms with Gasteiger partial charge in [-0.2, -0.15) is 0 Å². The molecule has 5 heteroatoms. The molecule has 2 heterocycles. The molecule has 4 nitrogen and oxygen atoms in total. The molecule has 0 aliphatic heterocycles. The highest BCUT2D eigenvalue weighted by Gasteiger charge is 2.14. The third-order valence-electron chi connectivity index (χ3n) is 4.47. The second-order valence-electron chi connectivity index (χ2n) is 6.44. The summed E-state index contributed by atoms with van der Waals surface area (Å²) >= 11 is 1.63. The number of amides is 1. The molecule has 0 saturated heterocycles. The fourth-order valence-corrected chi connectivity index (χ4v) is 3.78. The Hall–Kier alpha value is -3.05. The normalized spacial score (nSPS) is 12.1. The molecule has 1 amide bonds. The van der Waals surface area contributed by atoms with Crippen LogP contribution in [0.2, 0.25) is 0 Å². The molecule has 0 fully saturated rings. The van der Waals surface area contributed by atoms with Gasteiger partial charge in [-0.3, -0.25) is 4.79 Å². The van der Waals surface area contributed by atoms with Crippen LogP contribution in [-0.2, 0) is 0 Å². The Morgan fingerprint density at radius 3 is 2.56 bits per heavy atom. The molecule has 2 aromatic carbocycles. The van der Waals surface area contributed by atoms with Crippen molar-refractivity contribution >= 4 is 28.3 Å². The third kappa shape index (κ3) is 3.59. The van der Waals surface area contributed by atoms with Crippen molar-refractivity contribution in [3.63, 3.8) is 0 Å². The number of aryl methyl sites for hydroxylation is 1. The van der Waals surface area contributed by atoms with Gasteiger partial charge in [-0.1, -0.05) is 36.4 Å². The van der Waals surface area contributed by atoms with Gasteiger partial charge < -0.3 is 5.32 Å². The molecule has 1 N–H and O–H groups in total. The lowest BCUT2D eigenvalue weighted by Gasteiger charge is -2.13. The van der Waals surface area contributed by atoms with E-state index in [1.807, 2.05) is 73.8 Å². The first-order valence-corrected chi connectivity index (χ1v) is 9.68. The van der Waals surface area contributed by atoms with E-state index in [9.17, 15) is 4.79 Å². The summed E-state index contributed by atoms with van der Waals surface area (Å²) in [6.07, 6.45) is 0. The van der Waals surface area contributed by atoms with Crippen LogP contribution in [0.15, 0.2) is 66.0 Å². The van der Waals surface area contributed by atoms with Crippen LogP contribution in [0.4, 0.5) is 0 Å². The van der Waals surface area contributed by atoms with E-state index in [1.165, 1.54) is 0 Å². The van der Waals surface area contributed by atoms with Crippen molar-refractivity contribution < 1.29 is 4.79 Å². The first-order valence-electron chi connectivity index (χ1n) is 8.80. The van der Waals surface area contributed by atoms with Crippen LogP contribution < -0.4 is 5.32 Å². The lowest BCUT2D eigenvalue weighted by Crippen LogP contribution is -2.26. The van der Waals surface area contributed by atoms with E-state index >= 15 is 0 Å². The second kappa shape index (κ2) is 7.29. The van der Waals surface area contributed by atoms with Gasteiger partial charge in [0, 0.05) is 16.0 Å². The molecule has 0 aliphatic rings. The van der Waals surface area contributed by atoms with E-state index in [0.717, 1.165) is 32.9 Å². The van der Waals surface area contributed by atoms with Gasteiger partial charge >= 0.3 is 0 Å². The van der Waals surface area contributed by atoms with E-state index in [4.69, 9.17) is 4.98 Å². The molecule has 1 atom stereocenters. The number of aromatic nitrogens is 2.